The van der Waals surface area contributed by atoms with Crippen LogP contribution in [0, 0.1) is 0 Å². The van der Waals surface area contributed by atoms with Crippen molar-refractivity contribution in [1.82, 2.24) is 24.7 Å². The molecule has 0 saturated carbocycles. The Kier molecular flexibility index (Phi) is 4.54. The van der Waals surface area contributed by atoms with Gasteiger partial charge in [-0.3, -0.25) is 0 Å². The van der Waals surface area contributed by atoms with Crippen LogP contribution in [0.1, 0.15) is 12.6 Å². The van der Waals surface area contributed by atoms with E-state index in [1.807, 2.05) is 0 Å². The summed E-state index contributed by atoms with van der Waals surface area (Å²) in [4.78, 5) is 8.23. The molecule has 0 aliphatic carbocycles. The number of nitrogens with zero attached hydrogens (tertiary/aromatic N) is 5. The molecule has 0 radical (unpaired) electrons. The summed E-state index contributed by atoms with van der Waals surface area (Å²) < 4.78 is 64.9. The first-order chi connectivity index (χ1) is 12.6. The highest BCUT2D eigenvalue weighted by Crippen LogP contribution is 2.32. The maximum Gasteiger partial charge on any atom is 0.435 e. The molecule has 1 N–H and O–H groups in total. The van der Waals surface area contributed by atoms with Crippen LogP contribution in [0.25, 0.3) is 22.7 Å². The molecule has 3 aromatic rings. The Morgan fingerprint density at radius 3 is 2.52 bits per heavy atom. The van der Waals surface area contributed by atoms with Crippen LogP contribution in [-0.2, 0) is 23.1 Å². The summed E-state index contributed by atoms with van der Waals surface area (Å²) in [6.45, 7) is 1.49. The fourth-order valence-corrected chi connectivity index (χ4v) is 3.53. The van der Waals surface area contributed by atoms with Gasteiger partial charge in [0.1, 0.15) is 11.2 Å². The molecule has 0 amide bonds. The molecule has 0 aromatic carbocycles. The van der Waals surface area contributed by atoms with Crippen molar-refractivity contribution in [2.24, 2.45) is 7.05 Å². The van der Waals surface area contributed by atoms with Crippen molar-refractivity contribution in [3.63, 3.8) is 0 Å². The lowest BCUT2D eigenvalue weighted by atomic mass is 10.3. The molecule has 0 unspecified atom stereocenters. The number of aryl methyl sites for hydroxylation is 1. The zero-order valence-corrected chi connectivity index (χ0v) is 15.4. The summed E-state index contributed by atoms with van der Waals surface area (Å²) in [5, 5.41) is 9.56. The Morgan fingerprint density at radius 2 is 1.93 bits per heavy atom. The Bertz CT molecular complexity index is 1120. The Balaban J connectivity index is 2.28. The zero-order chi connectivity index (χ0) is 20.0. The molecule has 0 aliphatic heterocycles. The highest BCUT2D eigenvalue weighted by atomic mass is 32.2. The Hall–Kier alpha value is -2.76. The molecule has 3 heterocycles. The second-order valence-corrected chi connectivity index (χ2v) is 7.90. The van der Waals surface area contributed by atoms with Gasteiger partial charge >= 0.3 is 6.18 Å². The molecule has 0 fully saturated rings. The van der Waals surface area contributed by atoms with Crippen molar-refractivity contribution in [3.05, 3.63) is 24.0 Å². The van der Waals surface area contributed by atoms with Gasteiger partial charge in [0.05, 0.1) is 22.5 Å². The van der Waals surface area contributed by atoms with Crippen molar-refractivity contribution >= 4 is 26.7 Å². The van der Waals surface area contributed by atoms with E-state index in [-0.39, 0.29) is 33.3 Å². The monoisotopic (exact) mass is 400 g/mol. The predicted molar refractivity (Wildman–Crippen MR) is 91.8 cm³/mol. The minimum atomic E-state index is -4.66. The molecule has 27 heavy (non-hydrogen) atoms. The number of anilines is 1. The smallest absolute Gasteiger partial charge is 0.387 e. The lowest BCUT2D eigenvalue weighted by molar-refractivity contribution is -0.141. The summed E-state index contributed by atoms with van der Waals surface area (Å²) in [5.74, 6) is -0.0927. The first kappa shape index (κ1) is 19.0. The van der Waals surface area contributed by atoms with E-state index in [2.05, 4.69) is 25.5 Å². The van der Waals surface area contributed by atoms with Crippen LogP contribution in [0.4, 0.5) is 18.9 Å². The number of halogens is 3. The summed E-state index contributed by atoms with van der Waals surface area (Å²) in [6.07, 6.45) is -3.25. The van der Waals surface area contributed by atoms with Gasteiger partial charge in [-0.05, 0) is 6.07 Å². The van der Waals surface area contributed by atoms with Gasteiger partial charge in [0.15, 0.2) is 27.0 Å². The first-order valence-electron chi connectivity index (χ1n) is 7.76. The largest absolute Gasteiger partial charge is 0.435 e. The minimum Gasteiger partial charge on any atom is -0.387 e. The molecule has 0 saturated heterocycles. The molecule has 0 bridgehead atoms. The van der Waals surface area contributed by atoms with Gasteiger partial charge in [-0.25, -0.2) is 18.4 Å². The maximum absolute atomic E-state index is 12.9. The normalized spacial score (nSPS) is 12.5. The number of hydrogen-bond acceptors (Lipinski definition) is 7. The topological polar surface area (TPSA) is 103 Å². The molecule has 0 atom stereocenters. The third-order valence-corrected chi connectivity index (χ3v) is 5.72. The second-order valence-electron chi connectivity index (χ2n) is 5.65. The summed E-state index contributed by atoms with van der Waals surface area (Å²) >= 11 is 0. The van der Waals surface area contributed by atoms with Crippen LogP contribution in [0.15, 0.2) is 23.2 Å². The van der Waals surface area contributed by atoms with E-state index in [1.165, 1.54) is 30.8 Å². The lowest BCUT2D eigenvalue weighted by Gasteiger charge is -2.10. The Labute approximate surface area is 152 Å². The highest BCUT2D eigenvalue weighted by Gasteiger charge is 2.34. The third kappa shape index (κ3) is 3.31. The minimum absolute atomic E-state index is 0.0323. The van der Waals surface area contributed by atoms with E-state index < -0.39 is 21.7 Å². The van der Waals surface area contributed by atoms with Crippen LogP contribution in [-0.4, -0.2) is 46.0 Å². The lowest BCUT2D eigenvalue weighted by Crippen LogP contribution is -2.10. The predicted octanol–water partition coefficient (Wildman–Crippen LogP) is 2.28. The number of imidazole rings is 1. The van der Waals surface area contributed by atoms with Gasteiger partial charge < -0.3 is 9.88 Å². The molecule has 0 aliphatic rings. The van der Waals surface area contributed by atoms with E-state index in [9.17, 15) is 21.6 Å². The van der Waals surface area contributed by atoms with Crippen molar-refractivity contribution in [2.45, 2.75) is 18.0 Å². The molecule has 3 aromatic heterocycles. The number of alkyl halides is 3. The van der Waals surface area contributed by atoms with Crippen LogP contribution in [0.5, 0.6) is 0 Å². The van der Waals surface area contributed by atoms with Gasteiger partial charge in [0.25, 0.3) is 0 Å². The standard InChI is InChI=1S/C15H15F3N6O2S/c1-4-27(25,26)10-5-8(19-2)7-20-12(10)14-21-9-6-11(15(16,17)18)22-23-13(9)24(14)3/h5-7,19H,4H2,1-3H3. The van der Waals surface area contributed by atoms with Gasteiger partial charge in [-0.2, -0.15) is 13.2 Å². The van der Waals surface area contributed by atoms with Crippen LogP contribution >= 0.6 is 0 Å². The van der Waals surface area contributed by atoms with Gasteiger partial charge in [-0.15, -0.1) is 10.2 Å². The number of fused-ring (bicyclic) bond motifs is 1. The first-order valence-corrected chi connectivity index (χ1v) is 9.42. The van der Waals surface area contributed by atoms with Crippen molar-refractivity contribution < 1.29 is 21.6 Å². The number of hydrogen-bond donors (Lipinski definition) is 1. The molecular formula is C15H15F3N6O2S. The van der Waals surface area contributed by atoms with E-state index in [0.29, 0.717) is 5.69 Å². The van der Waals surface area contributed by atoms with Gasteiger partial charge in [0, 0.05) is 20.2 Å². The van der Waals surface area contributed by atoms with E-state index in [4.69, 9.17) is 0 Å². The second kappa shape index (κ2) is 6.44. The maximum atomic E-state index is 12.9. The quantitative estimate of drug-likeness (QED) is 0.717. The van der Waals surface area contributed by atoms with E-state index in [0.717, 1.165) is 6.07 Å². The fraction of sp³-hybridized carbons (Fsp3) is 0.333. The molecule has 8 nitrogen and oxygen atoms in total. The summed E-state index contributed by atoms with van der Waals surface area (Å²) in [7, 11) is -0.551. The number of pyridine rings is 1. The van der Waals surface area contributed by atoms with Gasteiger partial charge in [-0.1, -0.05) is 6.92 Å². The Morgan fingerprint density at radius 1 is 1.22 bits per heavy atom. The summed E-state index contributed by atoms with van der Waals surface area (Å²) in [5.41, 5.74) is -0.653. The average molecular weight is 400 g/mol. The highest BCUT2D eigenvalue weighted by molar-refractivity contribution is 7.91. The molecule has 12 heteroatoms. The van der Waals surface area contributed by atoms with E-state index >= 15 is 0 Å². The third-order valence-electron chi connectivity index (χ3n) is 3.98. The van der Waals surface area contributed by atoms with Crippen LogP contribution in [0.3, 0.4) is 0 Å². The number of nitrogens with one attached hydrogen (secondary N) is 1. The van der Waals surface area contributed by atoms with Crippen molar-refractivity contribution in [1.29, 1.82) is 0 Å². The molecule has 0 spiro atoms. The van der Waals surface area contributed by atoms with E-state index in [1.54, 1.807) is 7.05 Å². The average Bonchev–Trinajstić information content (AvgIpc) is 2.96. The number of sulfone groups is 1. The zero-order valence-electron chi connectivity index (χ0n) is 14.5. The number of aromatic nitrogens is 5. The number of rotatable bonds is 4. The van der Waals surface area contributed by atoms with Crippen LogP contribution in [0.2, 0.25) is 0 Å². The van der Waals surface area contributed by atoms with Gasteiger partial charge in [0.2, 0.25) is 0 Å². The molecule has 144 valence electrons. The fourth-order valence-electron chi connectivity index (χ4n) is 2.48. The van der Waals surface area contributed by atoms with Crippen LogP contribution < -0.4 is 5.32 Å². The van der Waals surface area contributed by atoms with Crippen molar-refractivity contribution in [2.75, 3.05) is 18.1 Å². The summed E-state index contributed by atoms with van der Waals surface area (Å²) in [6, 6.07) is 2.18. The SMILES string of the molecule is CCS(=O)(=O)c1cc(NC)cnc1-c1nc2cc(C(F)(F)F)nnc2n1C. The molecule has 3 rings (SSSR count). The molecular weight excluding hydrogens is 385 g/mol. The van der Waals surface area contributed by atoms with Crippen molar-refractivity contribution in [3.8, 4) is 11.5 Å².